The molecule has 1 atom stereocenters. The summed E-state index contributed by atoms with van der Waals surface area (Å²) in [5, 5.41) is 3.11. The molecule has 0 aliphatic rings. The summed E-state index contributed by atoms with van der Waals surface area (Å²) >= 11 is 6.02. The highest BCUT2D eigenvalue weighted by Crippen LogP contribution is 2.29. The second-order valence-corrected chi connectivity index (χ2v) is 5.93. The molecule has 1 aromatic carbocycles. The minimum Gasteiger partial charge on any atom is -0.482 e. The average molecular weight is 356 g/mol. The van der Waals surface area contributed by atoms with Crippen molar-refractivity contribution in [3.05, 3.63) is 22.7 Å². The molecule has 1 amide bonds. The molecule has 0 aromatic heterocycles. The number of hydrogen-bond acceptors (Lipinski definition) is 5. The van der Waals surface area contributed by atoms with E-state index in [-0.39, 0.29) is 28.0 Å². The predicted molar refractivity (Wildman–Crippen MR) is 96.8 cm³/mol. The highest BCUT2D eigenvalue weighted by molar-refractivity contribution is 6.33. The summed E-state index contributed by atoms with van der Waals surface area (Å²) in [6.07, 6.45) is -0.673. The Balaban J connectivity index is 2.89. The zero-order chi connectivity index (χ0) is 18.3. The van der Waals surface area contributed by atoms with Crippen molar-refractivity contribution < 1.29 is 14.3 Å². The van der Waals surface area contributed by atoms with E-state index in [9.17, 15) is 9.59 Å². The number of carbonyl (C=O) groups excluding carboxylic acids is 2. The quantitative estimate of drug-likeness (QED) is 0.664. The molecule has 3 N–H and O–H groups in total. The first-order valence-electron chi connectivity index (χ1n) is 8.06. The number of likely N-dealkylation sites (N-methyl/N-ethyl adjacent to an activating group) is 1. The van der Waals surface area contributed by atoms with Crippen LogP contribution in [0.4, 0.5) is 5.69 Å². The molecule has 7 heteroatoms. The van der Waals surface area contributed by atoms with Gasteiger partial charge in [-0.25, -0.2) is 0 Å². The second-order valence-electron chi connectivity index (χ2n) is 5.52. The number of benzene rings is 1. The lowest BCUT2D eigenvalue weighted by Gasteiger charge is -2.19. The van der Waals surface area contributed by atoms with Crippen LogP contribution in [0.1, 0.15) is 38.1 Å². The molecule has 0 heterocycles. The maximum Gasteiger partial charge on any atom is 0.255 e. The number of rotatable bonds is 9. The first-order valence-corrected chi connectivity index (χ1v) is 8.44. The molecule has 0 saturated heterocycles. The van der Waals surface area contributed by atoms with E-state index in [0.29, 0.717) is 12.2 Å². The van der Waals surface area contributed by atoms with Gasteiger partial charge >= 0.3 is 0 Å². The number of hydrogen-bond donors (Lipinski definition) is 2. The van der Waals surface area contributed by atoms with Crippen molar-refractivity contribution in [2.24, 2.45) is 0 Å². The monoisotopic (exact) mass is 355 g/mol. The van der Waals surface area contributed by atoms with E-state index in [1.807, 2.05) is 0 Å². The van der Waals surface area contributed by atoms with Gasteiger partial charge in [-0.05, 0) is 33.0 Å². The van der Waals surface area contributed by atoms with E-state index in [2.05, 4.69) is 24.1 Å². The Bertz CT molecular complexity index is 589. The third kappa shape index (κ3) is 5.69. The van der Waals surface area contributed by atoms with Crippen LogP contribution in [0, 0.1) is 0 Å². The lowest BCUT2D eigenvalue weighted by Crippen LogP contribution is -2.35. The summed E-state index contributed by atoms with van der Waals surface area (Å²) in [5.41, 5.74) is 6.34. The van der Waals surface area contributed by atoms with Crippen molar-refractivity contribution in [1.82, 2.24) is 10.2 Å². The number of nitrogen functional groups attached to an aromatic ring is 1. The summed E-state index contributed by atoms with van der Waals surface area (Å²) in [6, 6.07) is 2.94. The number of amides is 1. The van der Waals surface area contributed by atoms with Crippen LogP contribution in [0.2, 0.25) is 5.02 Å². The number of ether oxygens (including phenoxy) is 1. The second kappa shape index (κ2) is 9.49. The Morgan fingerprint density at radius 2 is 1.96 bits per heavy atom. The topological polar surface area (TPSA) is 84.7 Å². The summed E-state index contributed by atoms with van der Waals surface area (Å²) in [4.78, 5) is 26.1. The molecule has 134 valence electrons. The van der Waals surface area contributed by atoms with Crippen LogP contribution in [0.15, 0.2) is 12.1 Å². The fraction of sp³-hybridized carbons (Fsp3) is 0.529. The summed E-state index contributed by atoms with van der Waals surface area (Å²) < 4.78 is 5.57. The average Bonchev–Trinajstić information content (AvgIpc) is 2.54. The Morgan fingerprint density at radius 3 is 2.50 bits per heavy atom. The zero-order valence-electron chi connectivity index (χ0n) is 14.7. The first kappa shape index (κ1) is 20.3. The normalized spacial score (nSPS) is 12.1. The number of nitrogens with zero attached hydrogens (tertiary/aromatic N) is 1. The van der Waals surface area contributed by atoms with Gasteiger partial charge < -0.3 is 20.7 Å². The molecule has 1 rings (SSSR count). The minimum absolute atomic E-state index is 0.142. The number of ketones is 1. The van der Waals surface area contributed by atoms with Crippen molar-refractivity contribution in [2.45, 2.75) is 33.8 Å². The highest BCUT2D eigenvalue weighted by atomic mass is 35.5. The molecule has 0 bridgehead atoms. The lowest BCUT2D eigenvalue weighted by atomic mass is 10.1. The van der Waals surface area contributed by atoms with Gasteiger partial charge in [0.2, 0.25) is 0 Å². The molecule has 0 unspecified atom stereocenters. The molecule has 24 heavy (non-hydrogen) atoms. The fourth-order valence-corrected chi connectivity index (χ4v) is 2.24. The van der Waals surface area contributed by atoms with Gasteiger partial charge in [0, 0.05) is 19.2 Å². The molecule has 6 nitrogen and oxygen atoms in total. The maximum atomic E-state index is 12.4. The number of carbonyl (C=O) groups is 2. The molecule has 0 fully saturated rings. The van der Waals surface area contributed by atoms with Gasteiger partial charge in [-0.2, -0.15) is 0 Å². The maximum absolute atomic E-state index is 12.4. The molecule has 0 spiro atoms. The third-order valence-electron chi connectivity index (χ3n) is 3.83. The van der Waals surface area contributed by atoms with Crippen molar-refractivity contribution in [1.29, 1.82) is 0 Å². The van der Waals surface area contributed by atoms with E-state index in [4.69, 9.17) is 22.1 Å². The Hall–Kier alpha value is -1.79. The van der Waals surface area contributed by atoms with E-state index >= 15 is 0 Å². The Kier molecular flexibility index (Phi) is 8.01. The van der Waals surface area contributed by atoms with E-state index in [1.165, 1.54) is 19.1 Å². The highest BCUT2D eigenvalue weighted by Gasteiger charge is 2.19. The summed E-state index contributed by atoms with van der Waals surface area (Å²) in [6.45, 7) is 10.3. The minimum atomic E-state index is -0.673. The van der Waals surface area contributed by atoms with Crippen molar-refractivity contribution in [2.75, 3.05) is 31.9 Å². The number of nitrogens with one attached hydrogen (secondary N) is 1. The zero-order valence-corrected chi connectivity index (χ0v) is 15.4. The van der Waals surface area contributed by atoms with Crippen LogP contribution in [0.3, 0.4) is 0 Å². The van der Waals surface area contributed by atoms with Crippen LogP contribution in [0.5, 0.6) is 5.75 Å². The van der Waals surface area contributed by atoms with Crippen LogP contribution in [-0.4, -0.2) is 48.9 Å². The van der Waals surface area contributed by atoms with Gasteiger partial charge in [0.15, 0.2) is 11.9 Å². The Morgan fingerprint density at radius 1 is 1.33 bits per heavy atom. The molecular weight excluding hydrogens is 330 g/mol. The predicted octanol–water partition coefficient (Wildman–Crippen LogP) is 2.35. The largest absolute Gasteiger partial charge is 0.482 e. The first-order chi connectivity index (χ1) is 11.3. The third-order valence-corrected chi connectivity index (χ3v) is 4.16. The standard InChI is InChI=1S/C17H26ClN3O3/c1-5-21(6-2)8-7-20-17(23)13-9-14(18)15(19)10-16(13)24-12(4)11(3)22/h9-10,12H,5-8,19H2,1-4H3,(H,20,23)/t12-/m0/s1. The fourth-order valence-electron chi connectivity index (χ4n) is 2.08. The van der Waals surface area contributed by atoms with Gasteiger partial charge in [0.1, 0.15) is 5.75 Å². The smallest absolute Gasteiger partial charge is 0.255 e. The molecular formula is C17H26ClN3O3. The molecule has 1 aromatic rings. The van der Waals surface area contributed by atoms with Crippen molar-refractivity contribution in [3.63, 3.8) is 0 Å². The van der Waals surface area contributed by atoms with E-state index in [1.54, 1.807) is 6.92 Å². The van der Waals surface area contributed by atoms with Crippen LogP contribution >= 0.6 is 11.6 Å². The van der Waals surface area contributed by atoms with E-state index < -0.39 is 6.10 Å². The van der Waals surface area contributed by atoms with Crippen LogP contribution in [0.25, 0.3) is 0 Å². The number of halogens is 1. The Labute approximate surface area is 148 Å². The molecule has 0 aliphatic carbocycles. The lowest BCUT2D eigenvalue weighted by molar-refractivity contribution is -0.122. The summed E-state index contributed by atoms with van der Waals surface area (Å²) in [7, 11) is 0. The van der Waals surface area contributed by atoms with Gasteiger partial charge in [0.25, 0.3) is 5.91 Å². The SMILES string of the molecule is CCN(CC)CCNC(=O)c1cc(Cl)c(N)cc1O[C@@H](C)C(C)=O. The van der Waals surface area contributed by atoms with Gasteiger partial charge in [-0.1, -0.05) is 25.4 Å². The van der Waals surface area contributed by atoms with Crippen LogP contribution in [-0.2, 0) is 4.79 Å². The molecule has 0 aliphatic heterocycles. The number of Topliss-reactive ketones (excluding diaryl/α,β-unsaturated/α-hetero) is 1. The number of anilines is 1. The van der Waals surface area contributed by atoms with Gasteiger partial charge in [-0.15, -0.1) is 0 Å². The van der Waals surface area contributed by atoms with E-state index in [0.717, 1.165) is 19.6 Å². The number of nitrogens with two attached hydrogens (primary N) is 1. The van der Waals surface area contributed by atoms with Crippen molar-refractivity contribution in [3.8, 4) is 5.75 Å². The molecule has 0 radical (unpaired) electrons. The molecule has 0 saturated carbocycles. The summed E-state index contributed by atoms with van der Waals surface area (Å²) in [5.74, 6) is -0.203. The van der Waals surface area contributed by atoms with Crippen molar-refractivity contribution >= 4 is 29.0 Å². The van der Waals surface area contributed by atoms with Crippen LogP contribution < -0.4 is 15.8 Å². The van der Waals surface area contributed by atoms with Gasteiger partial charge in [0.05, 0.1) is 16.3 Å². The van der Waals surface area contributed by atoms with Gasteiger partial charge in [-0.3, -0.25) is 9.59 Å².